The first kappa shape index (κ1) is 17.2. The lowest BCUT2D eigenvalue weighted by atomic mass is 10.0. The maximum Gasteiger partial charge on any atom is 0.224 e. The van der Waals surface area contributed by atoms with Gasteiger partial charge >= 0.3 is 0 Å². The molecule has 2 aromatic heterocycles. The minimum absolute atomic E-state index is 0.0171. The van der Waals surface area contributed by atoms with Crippen LogP contribution < -0.4 is 4.72 Å². The number of carbonyl (C=O) groups is 1. The lowest BCUT2D eigenvalue weighted by Crippen LogP contribution is -2.09. The van der Waals surface area contributed by atoms with E-state index in [0.29, 0.717) is 0 Å². The Labute approximate surface area is 145 Å². The van der Waals surface area contributed by atoms with Gasteiger partial charge < -0.3 is 14.8 Å². The molecule has 3 N–H and O–H groups in total. The molecular formula is C16H14F2N4O2S. The molecule has 0 aliphatic carbocycles. The van der Waals surface area contributed by atoms with Crippen LogP contribution in [0, 0.1) is 11.6 Å². The van der Waals surface area contributed by atoms with Crippen molar-refractivity contribution in [3.05, 3.63) is 47.4 Å². The predicted octanol–water partition coefficient (Wildman–Crippen LogP) is 3.64. The van der Waals surface area contributed by atoms with E-state index in [2.05, 4.69) is 19.7 Å². The summed E-state index contributed by atoms with van der Waals surface area (Å²) < 4.78 is 31.6. The second-order valence-electron chi connectivity index (χ2n) is 5.19. The number of aromatic nitrogens is 3. The van der Waals surface area contributed by atoms with Crippen molar-refractivity contribution in [2.45, 2.75) is 13.3 Å². The molecule has 0 bridgehead atoms. The number of aromatic hydroxyl groups is 1. The molecule has 0 spiro atoms. The number of nitrogens with one attached hydrogen (secondary N) is 2. The topological polar surface area (TPSA) is 90.9 Å². The number of hydrogen-bond donors (Lipinski definition) is 3. The first-order valence-corrected chi connectivity index (χ1v) is 8.44. The van der Waals surface area contributed by atoms with Crippen LogP contribution in [0.3, 0.4) is 0 Å². The number of ketones is 1. The van der Waals surface area contributed by atoms with Crippen LogP contribution >= 0.6 is 11.9 Å². The number of nitrogens with zero attached hydrogens (tertiary/aromatic N) is 2. The Morgan fingerprint density at radius 3 is 2.92 bits per heavy atom. The van der Waals surface area contributed by atoms with Gasteiger partial charge in [-0.2, -0.15) is 0 Å². The van der Waals surface area contributed by atoms with Crippen LogP contribution in [-0.2, 0) is 0 Å². The van der Waals surface area contributed by atoms with E-state index in [1.165, 1.54) is 24.2 Å². The monoisotopic (exact) mass is 364 g/mol. The largest absolute Gasteiger partial charge is 0.493 e. The number of benzene rings is 1. The normalized spacial score (nSPS) is 11.0. The second-order valence-corrected chi connectivity index (χ2v) is 6.09. The van der Waals surface area contributed by atoms with E-state index in [1.807, 2.05) is 6.92 Å². The van der Waals surface area contributed by atoms with Gasteiger partial charge in [0.05, 0.1) is 22.2 Å². The molecule has 0 amide bonds. The first-order chi connectivity index (χ1) is 12.0. The minimum atomic E-state index is -0.987. The molecule has 0 atom stereocenters. The fourth-order valence-electron chi connectivity index (χ4n) is 2.33. The number of hydrogen-bond acceptors (Lipinski definition) is 6. The highest BCUT2D eigenvalue weighted by atomic mass is 32.2. The molecule has 130 valence electrons. The summed E-state index contributed by atoms with van der Waals surface area (Å²) in [5.41, 5.74) is -0.594. The molecular weight excluding hydrogens is 350 g/mol. The summed E-state index contributed by atoms with van der Waals surface area (Å²) in [4.78, 5) is 22.8. The Kier molecular flexibility index (Phi) is 4.84. The van der Waals surface area contributed by atoms with Crippen LogP contribution in [0.5, 0.6) is 5.88 Å². The SMILES string of the molecule is CCCSNc1ccc(F)c(C(=O)c2c[nH]c3ncnc(O)c23)c1F. The van der Waals surface area contributed by atoms with Gasteiger partial charge in [-0.1, -0.05) is 18.9 Å². The molecule has 0 aliphatic heterocycles. The molecule has 9 heteroatoms. The number of H-pyrrole nitrogens is 1. The van der Waals surface area contributed by atoms with Crippen molar-refractivity contribution in [3.63, 3.8) is 0 Å². The van der Waals surface area contributed by atoms with Crippen LogP contribution in [0.25, 0.3) is 11.0 Å². The van der Waals surface area contributed by atoms with Crippen LogP contribution in [-0.4, -0.2) is 31.6 Å². The number of aromatic amines is 1. The third kappa shape index (κ3) is 3.14. The van der Waals surface area contributed by atoms with E-state index in [9.17, 15) is 18.7 Å². The molecule has 0 saturated heterocycles. The molecule has 6 nitrogen and oxygen atoms in total. The van der Waals surface area contributed by atoms with Crippen molar-refractivity contribution < 1.29 is 18.7 Å². The zero-order chi connectivity index (χ0) is 18.0. The summed E-state index contributed by atoms with van der Waals surface area (Å²) >= 11 is 1.26. The Bertz CT molecular complexity index is 945. The fraction of sp³-hybridized carbons (Fsp3) is 0.188. The van der Waals surface area contributed by atoms with Crippen molar-refractivity contribution in [2.24, 2.45) is 0 Å². The number of fused-ring (bicyclic) bond motifs is 1. The molecule has 0 saturated carbocycles. The summed E-state index contributed by atoms with van der Waals surface area (Å²) in [5.74, 6) is -2.59. The third-order valence-corrected chi connectivity index (χ3v) is 4.48. The van der Waals surface area contributed by atoms with Gasteiger partial charge in [-0.25, -0.2) is 18.7 Å². The van der Waals surface area contributed by atoms with Gasteiger partial charge in [0.1, 0.15) is 17.8 Å². The molecule has 25 heavy (non-hydrogen) atoms. The molecule has 0 unspecified atom stereocenters. The van der Waals surface area contributed by atoms with E-state index in [4.69, 9.17) is 0 Å². The highest BCUT2D eigenvalue weighted by Crippen LogP contribution is 2.30. The first-order valence-electron chi connectivity index (χ1n) is 7.46. The summed E-state index contributed by atoms with van der Waals surface area (Å²) in [5, 5.41) is 9.87. The highest BCUT2D eigenvalue weighted by Gasteiger charge is 2.25. The van der Waals surface area contributed by atoms with Crippen molar-refractivity contribution in [1.29, 1.82) is 0 Å². The van der Waals surface area contributed by atoms with Gasteiger partial charge in [0.15, 0.2) is 5.82 Å². The lowest BCUT2D eigenvalue weighted by molar-refractivity contribution is 0.103. The van der Waals surface area contributed by atoms with Crippen molar-refractivity contribution in [1.82, 2.24) is 15.0 Å². The van der Waals surface area contributed by atoms with Crippen LogP contribution in [0.4, 0.5) is 14.5 Å². The minimum Gasteiger partial charge on any atom is -0.493 e. The van der Waals surface area contributed by atoms with Crippen LogP contribution in [0.1, 0.15) is 29.3 Å². The molecule has 0 fully saturated rings. The second kappa shape index (κ2) is 7.06. The molecule has 3 rings (SSSR count). The van der Waals surface area contributed by atoms with E-state index in [1.54, 1.807) is 0 Å². The van der Waals surface area contributed by atoms with Gasteiger partial charge in [-0.3, -0.25) is 4.79 Å². The van der Waals surface area contributed by atoms with Crippen molar-refractivity contribution in [2.75, 3.05) is 10.5 Å². The molecule has 2 heterocycles. The summed E-state index contributed by atoms with van der Waals surface area (Å²) in [6.45, 7) is 1.97. The van der Waals surface area contributed by atoms with Gasteiger partial charge in [0, 0.05) is 11.9 Å². The zero-order valence-corrected chi connectivity index (χ0v) is 14.0. The highest BCUT2D eigenvalue weighted by molar-refractivity contribution is 8.00. The Morgan fingerprint density at radius 2 is 2.16 bits per heavy atom. The zero-order valence-electron chi connectivity index (χ0n) is 13.1. The third-order valence-electron chi connectivity index (χ3n) is 3.50. The number of anilines is 1. The fourth-order valence-corrected chi connectivity index (χ4v) is 2.95. The summed E-state index contributed by atoms with van der Waals surface area (Å²) in [6, 6.07) is 2.26. The predicted molar refractivity (Wildman–Crippen MR) is 91.7 cm³/mol. The van der Waals surface area contributed by atoms with Gasteiger partial charge in [0.25, 0.3) is 0 Å². The average molecular weight is 364 g/mol. The Balaban J connectivity index is 2.05. The Morgan fingerprint density at radius 1 is 1.36 bits per heavy atom. The van der Waals surface area contributed by atoms with Crippen molar-refractivity contribution in [3.8, 4) is 5.88 Å². The summed E-state index contributed by atoms with van der Waals surface area (Å²) in [6.07, 6.45) is 3.23. The van der Waals surface area contributed by atoms with Gasteiger partial charge in [0.2, 0.25) is 11.7 Å². The lowest BCUT2D eigenvalue weighted by Gasteiger charge is -2.10. The maximum atomic E-state index is 14.7. The summed E-state index contributed by atoms with van der Waals surface area (Å²) in [7, 11) is 0. The number of rotatable bonds is 6. The molecule has 1 aromatic carbocycles. The molecule has 0 aliphatic rings. The van der Waals surface area contributed by atoms with Crippen LogP contribution in [0.15, 0.2) is 24.7 Å². The van der Waals surface area contributed by atoms with E-state index < -0.39 is 28.9 Å². The van der Waals surface area contributed by atoms with Crippen LogP contribution in [0.2, 0.25) is 0 Å². The quantitative estimate of drug-likeness (QED) is 0.351. The number of carbonyl (C=O) groups excluding carboxylic acids is 1. The maximum absolute atomic E-state index is 14.7. The molecule has 0 radical (unpaired) electrons. The average Bonchev–Trinajstić information content (AvgIpc) is 3.02. The molecule has 3 aromatic rings. The standard InChI is InChI=1S/C16H14F2N4O2S/c1-2-5-25-22-10-4-3-9(17)12(13(10)18)14(23)8-6-19-15-11(8)16(24)21-7-20-15/h3-4,6-7,22H,2,5H2,1H3,(H2,19,20,21,24). The van der Waals surface area contributed by atoms with E-state index in [0.717, 1.165) is 24.6 Å². The van der Waals surface area contributed by atoms with E-state index >= 15 is 0 Å². The Hall–Kier alpha value is -2.68. The van der Waals surface area contributed by atoms with E-state index in [-0.39, 0.29) is 22.3 Å². The number of halogens is 2. The van der Waals surface area contributed by atoms with Gasteiger partial charge in [-0.15, -0.1) is 0 Å². The smallest absolute Gasteiger partial charge is 0.224 e. The van der Waals surface area contributed by atoms with Crippen molar-refractivity contribution >= 4 is 34.5 Å². The van der Waals surface area contributed by atoms with Gasteiger partial charge in [-0.05, 0) is 18.6 Å².